The van der Waals surface area contributed by atoms with Gasteiger partial charge in [0, 0.05) is 12.0 Å². The van der Waals surface area contributed by atoms with Crippen LogP contribution in [-0.4, -0.2) is 52.8 Å². The maximum absolute atomic E-state index is 12.4. The molecule has 0 amide bonds. The van der Waals surface area contributed by atoms with Crippen molar-refractivity contribution in [3.63, 3.8) is 0 Å². The van der Waals surface area contributed by atoms with Crippen LogP contribution in [-0.2, 0) is 28.6 Å². The molecular formula is C19H24O7. The van der Waals surface area contributed by atoms with Gasteiger partial charge in [0.1, 0.15) is 24.4 Å². The number of aliphatic hydroxyl groups is 1. The Kier molecular flexibility index (Phi) is 4.56. The number of rotatable bonds is 2. The molecular weight excluding hydrogens is 340 g/mol. The summed E-state index contributed by atoms with van der Waals surface area (Å²) in [7, 11) is 0. The van der Waals surface area contributed by atoms with Gasteiger partial charge in [0.25, 0.3) is 0 Å². The third-order valence-electron chi connectivity index (χ3n) is 5.18. The number of ketones is 1. The zero-order chi connectivity index (χ0) is 19.4. The van der Waals surface area contributed by atoms with E-state index in [9.17, 15) is 19.5 Å². The quantitative estimate of drug-likeness (QED) is 0.444. The van der Waals surface area contributed by atoms with Crippen LogP contribution in [0.4, 0.5) is 0 Å². The lowest BCUT2D eigenvalue weighted by Gasteiger charge is -2.32. The van der Waals surface area contributed by atoms with Crippen molar-refractivity contribution in [3.05, 3.63) is 23.8 Å². The second-order valence-electron chi connectivity index (χ2n) is 7.80. The molecule has 1 N–H and O–H groups in total. The van der Waals surface area contributed by atoms with Crippen LogP contribution in [0.5, 0.6) is 0 Å². The highest BCUT2D eigenvalue weighted by molar-refractivity contribution is 6.01. The fraction of sp³-hybridized carbons (Fsp3) is 0.632. The Balaban J connectivity index is 2.02. The average Bonchev–Trinajstić information content (AvgIpc) is 3.29. The van der Waals surface area contributed by atoms with Crippen LogP contribution in [0.3, 0.4) is 0 Å². The summed E-state index contributed by atoms with van der Waals surface area (Å²) < 4.78 is 16.4. The zero-order valence-electron chi connectivity index (χ0n) is 15.4. The van der Waals surface area contributed by atoms with E-state index in [0.29, 0.717) is 5.57 Å². The molecule has 2 saturated heterocycles. The van der Waals surface area contributed by atoms with Crippen LogP contribution in [0.25, 0.3) is 0 Å². The largest absolute Gasteiger partial charge is 0.461 e. The molecule has 0 bridgehead atoms. The van der Waals surface area contributed by atoms with Crippen molar-refractivity contribution < 1.29 is 33.7 Å². The number of carbonyl (C=O) groups is 3. The summed E-state index contributed by atoms with van der Waals surface area (Å²) in [4.78, 5) is 36.7. The molecule has 0 aromatic rings. The normalized spacial score (nSPS) is 41.7. The lowest BCUT2D eigenvalue weighted by molar-refractivity contribution is -0.160. The summed E-state index contributed by atoms with van der Waals surface area (Å²) in [6.07, 6.45) is -1.47. The molecule has 0 aromatic carbocycles. The Labute approximate surface area is 152 Å². The van der Waals surface area contributed by atoms with Crippen molar-refractivity contribution in [2.24, 2.45) is 11.8 Å². The van der Waals surface area contributed by atoms with Gasteiger partial charge >= 0.3 is 11.9 Å². The second kappa shape index (κ2) is 6.32. The van der Waals surface area contributed by atoms with E-state index in [1.165, 1.54) is 6.92 Å². The monoisotopic (exact) mass is 364 g/mol. The molecule has 0 spiro atoms. The van der Waals surface area contributed by atoms with E-state index in [2.05, 4.69) is 6.58 Å². The molecule has 142 valence electrons. The van der Waals surface area contributed by atoms with Crippen LogP contribution in [0.1, 0.15) is 34.1 Å². The molecule has 0 radical (unpaired) electrons. The minimum atomic E-state index is -1.41. The van der Waals surface area contributed by atoms with Gasteiger partial charge in [0.15, 0.2) is 5.78 Å². The average molecular weight is 364 g/mol. The van der Waals surface area contributed by atoms with Crippen molar-refractivity contribution in [3.8, 4) is 0 Å². The number of hydrogen-bond donors (Lipinski definition) is 1. The van der Waals surface area contributed by atoms with E-state index in [0.717, 1.165) is 0 Å². The number of carbonyl (C=O) groups excluding carboxylic acids is 3. The molecule has 3 rings (SSSR count). The first-order chi connectivity index (χ1) is 12.0. The number of hydrogen-bond acceptors (Lipinski definition) is 7. The molecule has 1 aliphatic carbocycles. The van der Waals surface area contributed by atoms with Gasteiger partial charge in [-0.05, 0) is 25.5 Å². The maximum atomic E-state index is 12.4. The van der Waals surface area contributed by atoms with Gasteiger partial charge < -0.3 is 19.3 Å². The number of fused-ring (bicyclic) bond motifs is 2. The van der Waals surface area contributed by atoms with E-state index >= 15 is 0 Å². The van der Waals surface area contributed by atoms with Gasteiger partial charge in [0.2, 0.25) is 0 Å². The van der Waals surface area contributed by atoms with Crippen molar-refractivity contribution in [1.82, 2.24) is 0 Å². The molecule has 2 fully saturated rings. The van der Waals surface area contributed by atoms with Crippen molar-refractivity contribution >= 4 is 17.7 Å². The van der Waals surface area contributed by atoms with Gasteiger partial charge in [-0.3, -0.25) is 9.59 Å². The summed E-state index contributed by atoms with van der Waals surface area (Å²) in [5.74, 6) is -2.33. The molecule has 7 nitrogen and oxygen atoms in total. The van der Waals surface area contributed by atoms with Gasteiger partial charge in [-0.25, -0.2) is 4.79 Å². The SMILES string of the molecule is C=C1C(=O)O[C@H]2/C=C(\C)C(=O)C3O[C@H]3[C@](C)(O)C[C@@H](OC(=O)C(C)C)[C@@H]12. The van der Waals surface area contributed by atoms with Gasteiger partial charge in [-0.1, -0.05) is 20.4 Å². The van der Waals surface area contributed by atoms with Gasteiger partial charge in [-0.2, -0.15) is 0 Å². The fourth-order valence-corrected chi connectivity index (χ4v) is 3.57. The summed E-state index contributed by atoms with van der Waals surface area (Å²) in [6, 6.07) is 0. The van der Waals surface area contributed by atoms with Gasteiger partial charge in [-0.15, -0.1) is 0 Å². The van der Waals surface area contributed by atoms with E-state index in [4.69, 9.17) is 14.2 Å². The molecule has 3 aliphatic rings. The minimum Gasteiger partial charge on any atom is -0.461 e. The van der Waals surface area contributed by atoms with Crippen LogP contribution in [0.15, 0.2) is 23.8 Å². The highest BCUT2D eigenvalue weighted by Gasteiger charge is 2.58. The zero-order valence-corrected chi connectivity index (χ0v) is 15.4. The number of Topliss-reactive ketones (excluding diaryl/α,β-unsaturated/α-hetero) is 1. The second-order valence-corrected chi connectivity index (χ2v) is 7.80. The van der Waals surface area contributed by atoms with E-state index in [1.54, 1.807) is 26.8 Å². The van der Waals surface area contributed by atoms with E-state index in [1.807, 2.05) is 0 Å². The maximum Gasteiger partial charge on any atom is 0.334 e. The third-order valence-corrected chi connectivity index (χ3v) is 5.18. The van der Waals surface area contributed by atoms with Crippen LogP contribution in [0, 0.1) is 11.8 Å². The number of epoxide rings is 1. The topological polar surface area (TPSA) is 102 Å². The number of esters is 2. The first-order valence-corrected chi connectivity index (χ1v) is 8.73. The van der Waals surface area contributed by atoms with E-state index < -0.39 is 47.9 Å². The predicted octanol–water partition coefficient (Wildman–Crippen LogP) is 1.09. The highest BCUT2D eigenvalue weighted by Crippen LogP contribution is 2.43. The Morgan fingerprint density at radius 2 is 2.08 bits per heavy atom. The molecule has 2 aliphatic heterocycles. The summed E-state index contributed by atoms with van der Waals surface area (Å²) in [6.45, 7) is 10.3. The molecule has 0 aromatic heterocycles. The Morgan fingerprint density at radius 3 is 2.69 bits per heavy atom. The van der Waals surface area contributed by atoms with Crippen LogP contribution >= 0.6 is 0 Å². The van der Waals surface area contributed by atoms with E-state index in [-0.39, 0.29) is 23.7 Å². The third kappa shape index (κ3) is 3.21. The first kappa shape index (κ1) is 18.8. The first-order valence-electron chi connectivity index (χ1n) is 8.73. The minimum absolute atomic E-state index is 0.00359. The lowest BCUT2D eigenvalue weighted by Crippen LogP contribution is -2.44. The molecule has 1 unspecified atom stereocenters. The molecule has 26 heavy (non-hydrogen) atoms. The Bertz CT molecular complexity index is 703. The van der Waals surface area contributed by atoms with Crippen molar-refractivity contribution in [1.29, 1.82) is 0 Å². The predicted molar refractivity (Wildman–Crippen MR) is 89.9 cm³/mol. The summed E-state index contributed by atoms with van der Waals surface area (Å²) in [5.41, 5.74) is -0.865. The summed E-state index contributed by atoms with van der Waals surface area (Å²) in [5, 5.41) is 10.9. The molecule has 2 heterocycles. The highest BCUT2D eigenvalue weighted by atomic mass is 16.6. The Morgan fingerprint density at radius 1 is 1.42 bits per heavy atom. The smallest absolute Gasteiger partial charge is 0.334 e. The molecule has 6 atom stereocenters. The fourth-order valence-electron chi connectivity index (χ4n) is 3.57. The molecule has 7 heteroatoms. The van der Waals surface area contributed by atoms with Crippen LogP contribution in [0.2, 0.25) is 0 Å². The van der Waals surface area contributed by atoms with Gasteiger partial charge in [0.05, 0.1) is 17.4 Å². The lowest BCUT2D eigenvalue weighted by atomic mass is 9.80. The van der Waals surface area contributed by atoms with Crippen molar-refractivity contribution in [2.45, 2.75) is 64.1 Å². The van der Waals surface area contributed by atoms with Crippen molar-refractivity contribution in [2.75, 3.05) is 0 Å². The summed E-state index contributed by atoms with van der Waals surface area (Å²) >= 11 is 0. The standard InChI is InChI=1S/C19H24O7/c1-8(2)17(21)25-12-7-19(5,23)16-15(26-16)14(20)9(3)6-11-13(12)10(4)18(22)24-11/h6,8,11-13,15-16,23H,4,7H2,1-3,5H3/b9-6+/t11-,12+,13-,15?,16+,19+/m0/s1. The number of ether oxygens (including phenoxy) is 3. The Hall–Kier alpha value is -1.99. The molecule has 0 saturated carbocycles. The van der Waals surface area contributed by atoms with Crippen LogP contribution < -0.4 is 0 Å².